The molecule has 0 radical (unpaired) electrons. The largest absolute Gasteiger partial charge is 0.468 e. The number of furan rings is 1. The van der Waals surface area contributed by atoms with Crippen LogP contribution in [-0.2, 0) is 21.4 Å². The highest BCUT2D eigenvalue weighted by molar-refractivity contribution is 7.91. The van der Waals surface area contributed by atoms with Crippen molar-refractivity contribution in [3.63, 3.8) is 0 Å². The Bertz CT molecular complexity index is 782. The van der Waals surface area contributed by atoms with Gasteiger partial charge < -0.3 is 9.73 Å². The van der Waals surface area contributed by atoms with Crippen LogP contribution < -0.4 is 5.32 Å². The standard InChI is InChI=1S/C15H22N4O4S2/c1-4-11(5-2)13(20)16-14-17-18-15(24-14)25(21,22)19(6-3)10-12-8-7-9-23-12/h7-9,11H,4-6,10H2,1-3H3,(H,16,17,20). The van der Waals surface area contributed by atoms with E-state index in [-0.39, 0.29) is 34.4 Å². The summed E-state index contributed by atoms with van der Waals surface area (Å²) in [6.45, 7) is 5.96. The van der Waals surface area contributed by atoms with Gasteiger partial charge in [0.05, 0.1) is 12.8 Å². The van der Waals surface area contributed by atoms with Gasteiger partial charge >= 0.3 is 0 Å². The Labute approximate surface area is 151 Å². The van der Waals surface area contributed by atoms with Gasteiger partial charge in [0, 0.05) is 12.5 Å². The number of nitrogens with zero attached hydrogens (tertiary/aromatic N) is 3. The van der Waals surface area contributed by atoms with Gasteiger partial charge in [-0.05, 0) is 25.0 Å². The lowest BCUT2D eigenvalue weighted by Gasteiger charge is -2.16. The lowest BCUT2D eigenvalue weighted by molar-refractivity contribution is -0.120. The maximum atomic E-state index is 12.7. The first-order valence-corrected chi connectivity index (χ1v) is 10.3. The van der Waals surface area contributed by atoms with Gasteiger partial charge in [0.1, 0.15) is 5.76 Å². The van der Waals surface area contributed by atoms with Gasteiger partial charge in [-0.15, -0.1) is 10.2 Å². The first-order valence-electron chi connectivity index (χ1n) is 8.09. The van der Waals surface area contributed by atoms with Crippen molar-refractivity contribution in [1.29, 1.82) is 0 Å². The molecule has 10 heteroatoms. The van der Waals surface area contributed by atoms with Crippen LogP contribution in [0.4, 0.5) is 5.13 Å². The molecule has 2 heterocycles. The summed E-state index contributed by atoms with van der Waals surface area (Å²) in [5, 5.41) is 10.4. The van der Waals surface area contributed by atoms with E-state index in [9.17, 15) is 13.2 Å². The van der Waals surface area contributed by atoms with E-state index in [1.54, 1.807) is 19.1 Å². The first kappa shape index (κ1) is 19.5. The summed E-state index contributed by atoms with van der Waals surface area (Å²) in [6, 6.07) is 3.41. The van der Waals surface area contributed by atoms with Crippen molar-refractivity contribution in [3.8, 4) is 0 Å². The maximum Gasteiger partial charge on any atom is 0.272 e. The molecule has 0 aliphatic rings. The lowest BCUT2D eigenvalue weighted by atomic mass is 10.0. The average Bonchev–Trinajstić information content (AvgIpc) is 3.25. The molecule has 0 spiro atoms. The van der Waals surface area contributed by atoms with E-state index in [2.05, 4.69) is 15.5 Å². The van der Waals surface area contributed by atoms with Gasteiger partial charge in [-0.1, -0.05) is 32.1 Å². The highest BCUT2D eigenvalue weighted by Crippen LogP contribution is 2.25. The van der Waals surface area contributed by atoms with Gasteiger partial charge in [0.25, 0.3) is 10.0 Å². The predicted molar refractivity (Wildman–Crippen MR) is 94.6 cm³/mol. The van der Waals surface area contributed by atoms with Crippen molar-refractivity contribution in [2.24, 2.45) is 5.92 Å². The Morgan fingerprint density at radius 1 is 1.32 bits per heavy atom. The fourth-order valence-electron chi connectivity index (χ4n) is 2.28. The van der Waals surface area contributed by atoms with E-state index in [1.807, 2.05) is 13.8 Å². The van der Waals surface area contributed by atoms with Crippen molar-refractivity contribution in [2.45, 2.75) is 44.5 Å². The zero-order valence-corrected chi connectivity index (χ0v) is 16.1. The number of sulfonamides is 1. The van der Waals surface area contributed by atoms with Crippen molar-refractivity contribution in [1.82, 2.24) is 14.5 Å². The third kappa shape index (κ3) is 4.65. The second kappa shape index (κ2) is 8.54. The summed E-state index contributed by atoms with van der Waals surface area (Å²) in [5.41, 5.74) is 0. The Morgan fingerprint density at radius 2 is 2.04 bits per heavy atom. The fourth-order valence-corrected chi connectivity index (χ4v) is 4.74. The summed E-state index contributed by atoms with van der Waals surface area (Å²) in [6.07, 6.45) is 2.91. The number of hydrogen-bond acceptors (Lipinski definition) is 7. The Hall–Kier alpha value is -1.78. The topological polar surface area (TPSA) is 105 Å². The smallest absolute Gasteiger partial charge is 0.272 e. The second-order valence-corrected chi connectivity index (χ2v) is 8.48. The molecular formula is C15H22N4O4S2. The van der Waals surface area contributed by atoms with Gasteiger partial charge in [0.2, 0.25) is 15.4 Å². The Balaban J connectivity index is 2.14. The molecule has 0 aliphatic heterocycles. The number of carbonyl (C=O) groups is 1. The van der Waals surface area contributed by atoms with Gasteiger partial charge in [-0.2, -0.15) is 4.31 Å². The molecule has 1 N–H and O–H groups in total. The van der Waals surface area contributed by atoms with Crippen LogP contribution in [0.2, 0.25) is 0 Å². The van der Waals surface area contributed by atoms with E-state index in [0.717, 1.165) is 11.3 Å². The molecule has 0 saturated carbocycles. The summed E-state index contributed by atoms with van der Waals surface area (Å²) >= 11 is 0.848. The molecule has 8 nitrogen and oxygen atoms in total. The number of rotatable bonds is 9. The molecule has 2 aromatic rings. The summed E-state index contributed by atoms with van der Waals surface area (Å²) < 4.78 is 31.7. The normalized spacial score (nSPS) is 12.0. The molecule has 25 heavy (non-hydrogen) atoms. The highest BCUT2D eigenvalue weighted by atomic mass is 32.2. The molecule has 0 saturated heterocycles. The van der Waals surface area contributed by atoms with Crippen molar-refractivity contribution < 1.29 is 17.6 Å². The molecule has 0 bridgehead atoms. The van der Waals surface area contributed by atoms with E-state index >= 15 is 0 Å². The molecule has 0 unspecified atom stereocenters. The molecule has 0 aromatic carbocycles. The highest BCUT2D eigenvalue weighted by Gasteiger charge is 2.29. The molecule has 2 rings (SSSR count). The third-order valence-electron chi connectivity index (χ3n) is 3.82. The molecule has 2 aromatic heterocycles. The minimum Gasteiger partial charge on any atom is -0.468 e. The Morgan fingerprint density at radius 3 is 2.60 bits per heavy atom. The molecule has 0 aliphatic carbocycles. The number of nitrogens with one attached hydrogen (secondary N) is 1. The minimum atomic E-state index is -3.81. The summed E-state index contributed by atoms with van der Waals surface area (Å²) in [5.74, 6) is 0.236. The molecular weight excluding hydrogens is 364 g/mol. The summed E-state index contributed by atoms with van der Waals surface area (Å²) in [7, 11) is -3.81. The number of carbonyl (C=O) groups excluding carboxylic acids is 1. The molecule has 138 valence electrons. The van der Waals surface area contributed by atoms with E-state index in [1.165, 1.54) is 10.6 Å². The van der Waals surface area contributed by atoms with Crippen LogP contribution in [0.3, 0.4) is 0 Å². The van der Waals surface area contributed by atoms with E-state index in [0.29, 0.717) is 18.6 Å². The van der Waals surface area contributed by atoms with Crippen LogP contribution in [-0.4, -0.2) is 35.4 Å². The quantitative estimate of drug-likeness (QED) is 0.664. The van der Waals surface area contributed by atoms with Gasteiger partial charge in [0.15, 0.2) is 0 Å². The number of hydrogen-bond donors (Lipinski definition) is 1. The number of anilines is 1. The lowest BCUT2D eigenvalue weighted by Crippen LogP contribution is -2.30. The van der Waals surface area contributed by atoms with Crippen molar-refractivity contribution in [3.05, 3.63) is 24.2 Å². The van der Waals surface area contributed by atoms with Crippen LogP contribution in [0, 0.1) is 5.92 Å². The molecule has 0 atom stereocenters. The zero-order chi connectivity index (χ0) is 18.4. The van der Waals surface area contributed by atoms with E-state index < -0.39 is 10.0 Å². The third-order valence-corrected chi connectivity index (χ3v) is 6.92. The predicted octanol–water partition coefficient (Wildman–Crippen LogP) is 2.72. The minimum absolute atomic E-state index is 0.112. The zero-order valence-electron chi connectivity index (χ0n) is 14.4. The first-order chi connectivity index (χ1) is 11.9. The fraction of sp³-hybridized carbons (Fsp3) is 0.533. The van der Waals surface area contributed by atoms with Crippen LogP contribution in [0.5, 0.6) is 0 Å². The van der Waals surface area contributed by atoms with Crippen LogP contribution in [0.1, 0.15) is 39.4 Å². The Kier molecular flexibility index (Phi) is 6.68. The summed E-state index contributed by atoms with van der Waals surface area (Å²) in [4.78, 5) is 12.1. The second-order valence-electron chi connectivity index (χ2n) is 5.39. The van der Waals surface area contributed by atoms with Crippen molar-refractivity contribution in [2.75, 3.05) is 11.9 Å². The number of aromatic nitrogens is 2. The maximum absolute atomic E-state index is 12.7. The van der Waals surface area contributed by atoms with Gasteiger partial charge in [-0.3, -0.25) is 4.79 Å². The van der Waals surface area contributed by atoms with E-state index in [4.69, 9.17) is 4.42 Å². The molecule has 0 fully saturated rings. The van der Waals surface area contributed by atoms with Crippen LogP contribution in [0.25, 0.3) is 0 Å². The average molecular weight is 386 g/mol. The SMILES string of the molecule is CCC(CC)C(=O)Nc1nnc(S(=O)(=O)N(CC)Cc2ccco2)s1. The van der Waals surface area contributed by atoms with Gasteiger partial charge in [-0.25, -0.2) is 8.42 Å². The number of amides is 1. The van der Waals surface area contributed by atoms with Crippen LogP contribution in [0.15, 0.2) is 27.2 Å². The monoisotopic (exact) mass is 386 g/mol. The van der Waals surface area contributed by atoms with Crippen molar-refractivity contribution >= 4 is 32.4 Å². The van der Waals surface area contributed by atoms with Crippen LogP contribution >= 0.6 is 11.3 Å². The molecule has 1 amide bonds.